The molecule has 4 heteroatoms. The molecule has 3 nitrogen and oxygen atoms in total. The highest BCUT2D eigenvalue weighted by Crippen LogP contribution is 2.47. The highest BCUT2D eigenvalue weighted by atomic mass is 79.9. The standard InChI is InChI=1S/C16H24BrNO2/c1-10(2)11-9-12(16(3)7-6-8-18-16)15(20-5)13(17)14(11)19-4/h9-10,18H,6-8H2,1-5H3. The van der Waals surface area contributed by atoms with Crippen LogP contribution in [0.15, 0.2) is 10.5 Å². The van der Waals surface area contributed by atoms with E-state index in [1.54, 1.807) is 14.2 Å². The second kappa shape index (κ2) is 5.94. The first-order valence-corrected chi connectivity index (χ1v) is 7.93. The summed E-state index contributed by atoms with van der Waals surface area (Å²) in [5.74, 6) is 2.15. The van der Waals surface area contributed by atoms with Crippen LogP contribution >= 0.6 is 15.9 Å². The predicted octanol–water partition coefficient (Wildman–Crippen LogP) is 4.19. The summed E-state index contributed by atoms with van der Waals surface area (Å²) in [5, 5.41) is 3.61. The molecule has 0 amide bonds. The van der Waals surface area contributed by atoms with E-state index in [2.05, 4.69) is 48.1 Å². The molecule has 1 aliphatic rings. The maximum Gasteiger partial charge on any atom is 0.141 e. The third kappa shape index (κ3) is 2.56. The van der Waals surface area contributed by atoms with Crippen LogP contribution in [0.2, 0.25) is 0 Å². The van der Waals surface area contributed by atoms with Crippen molar-refractivity contribution in [1.29, 1.82) is 0 Å². The van der Waals surface area contributed by atoms with Crippen molar-refractivity contribution in [2.24, 2.45) is 0 Å². The van der Waals surface area contributed by atoms with Gasteiger partial charge >= 0.3 is 0 Å². The van der Waals surface area contributed by atoms with E-state index in [1.807, 2.05) is 0 Å². The van der Waals surface area contributed by atoms with Crippen molar-refractivity contribution in [2.75, 3.05) is 20.8 Å². The van der Waals surface area contributed by atoms with Gasteiger partial charge in [0.2, 0.25) is 0 Å². The van der Waals surface area contributed by atoms with E-state index < -0.39 is 0 Å². The van der Waals surface area contributed by atoms with Gasteiger partial charge in [-0.1, -0.05) is 13.8 Å². The Balaban J connectivity index is 2.67. The molecule has 20 heavy (non-hydrogen) atoms. The summed E-state index contributed by atoms with van der Waals surface area (Å²) < 4.78 is 12.2. The lowest BCUT2D eigenvalue weighted by atomic mass is 9.86. The fourth-order valence-corrected chi connectivity index (χ4v) is 3.77. The van der Waals surface area contributed by atoms with Gasteiger partial charge in [-0.3, -0.25) is 0 Å². The van der Waals surface area contributed by atoms with Crippen molar-refractivity contribution in [3.05, 3.63) is 21.7 Å². The number of hydrogen-bond donors (Lipinski definition) is 1. The quantitative estimate of drug-likeness (QED) is 0.890. The van der Waals surface area contributed by atoms with Gasteiger partial charge in [-0.05, 0) is 59.8 Å². The lowest BCUT2D eigenvalue weighted by Crippen LogP contribution is -2.33. The summed E-state index contributed by atoms with van der Waals surface area (Å²) in [6, 6.07) is 2.24. The highest BCUT2D eigenvalue weighted by molar-refractivity contribution is 9.10. The molecule has 1 aromatic carbocycles. The first-order chi connectivity index (χ1) is 9.44. The van der Waals surface area contributed by atoms with Crippen molar-refractivity contribution >= 4 is 15.9 Å². The molecule has 112 valence electrons. The van der Waals surface area contributed by atoms with Crippen molar-refractivity contribution in [3.8, 4) is 11.5 Å². The van der Waals surface area contributed by atoms with E-state index in [4.69, 9.17) is 9.47 Å². The first kappa shape index (κ1) is 15.6. The molecule has 1 heterocycles. The largest absolute Gasteiger partial charge is 0.495 e. The van der Waals surface area contributed by atoms with Gasteiger partial charge in [0.25, 0.3) is 0 Å². The Morgan fingerprint density at radius 2 is 1.90 bits per heavy atom. The SMILES string of the molecule is COc1c(C(C)C)cc(C2(C)CCCN2)c(OC)c1Br. The van der Waals surface area contributed by atoms with E-state index in [0.29, 0.717) is 5.92 Å². The molecule has 1 aromatic rings. The molecule has 0 aliphatic carbocycles. The van der Waals surface area contributed by atoms with E-state index in [0.717, 1.165) is 28.9 Å². The molecule has 0 spiro atoms. The third-order valence-corrected chi connectivity index (χ3v) is 4.92. The molecule has 0 saturated carbocycles. The van der Waals surface area contributed by atoms with E-state index in [-0.39, 0.29) is 5.54 Å². The maximum atomic E-state index is 5.66. The Morgan fingerprint density at radius 3 is 2.35 bits per heavy atom. The van der Waals surface area contributed by atoms with Crippen molar-refractivity contribution < 1.29 is 9.47 Å². The summed E-state index contributed by atoms with van der Waals surface area (Å²) in [5.41, 5.74) is 2.41. The fraction of sp³-hybridized carbons (Fsp3) is 0.625. The van der Waals surface area contributed by atoms with Gasteiger partial charge in [-0.25, -0.2) is 0 Å². The molecule has 2 rings (SSSR count). The first-order valence-electron chi connectivity index (χ1n) is 7.14. The molecule has 0 bridgehead atoms. The molecular weight excluding hydrogens is 318 g/mol. The third-order valence-electron chi connectivity index (χ3n) is 4.20. The molecule has 1 saturated heterocycles. The Kier molecular flexibility index (Phi) is 4.65. The van der Waals surface area contributed by atoms with Crippen LogP contribution in [0, 0.1) is 0 Å². The Morgan fingerprint density at radius 1 is 1.25 bits per heavy atom. The summed E-state index contributed by atoms with van der Waals surface area (Å²) in [6.07, 6.45) is 2.32. The maximum absolute atomic E-state index is 5.66. The van der Waals surface area contributed by atoms with E-state index >= 15 is 0 Å². The summed E-state index contributed by atoms with van der Waals surface area (Å²) >= 11 is 3.67. The lowest BCUT2D eigenvalue weighted by Gasteiger charge is -2.30. The summed E-state index contributed by atoms with van der Waals surface area (Å²) in [6.45, 7) is 7.68. The van der Waals surface area contributed by atoms with Gasteiger partial charge in [0.15, 0.2) is 0 Å². The van der Waals surface area contributed by atoms with Crippen LogP contribution < -0.4 is 14.8 Å². The minimum absolute atomic E-state index is 0.0240. The van der Waals surface area contributed by atoms with Gasteiger partial charge in [-0.2, -0.15) is 0 Å². The lowest BCUT2D eigenvalue weighted by molar-refractivity contribution is 0.357. The molecule has 1 N–H and O–H groups in total. The average molecular weight is 342 g/mol. The minimum atomic E-state index is -0.0240. The molecule has 1 unspecified atom stereocenters. The topological polar surface area (TPSA) is 30.5 Å². The Hall–Kier alpha value is -0.740. The number of benzene rings is 1. The predicted molar refractivity (Wildman–Crippen MR) is 85.9 cm³/mol. The van der Waals surface area contributed by atoms with Crippen molar-refractivity contribution in [2.45, 2.75) is 45.1 Å². The monoisotopic (exact) mass is 341 g/mol. The molecule has 0 aromatic heterocycles. The van der Waals surface area contributed by atoms with E-state index in [1.165, 1.54) is 17.5 Å². The van der Waals surface area contributed by atoms with Crippen LogP contribution in [0.4, 0.5) is 0 Å². The Labute approximate surface area is 130 Å². The van der Waals surface area contributed by atoms with Gasteiger partial charge in [-0.15, -0.1) is 0 Å². The zero-order valence-corrected chi connectivity index (χ0v) is 14.6. The van der Waals surface area contributed by atoms with Crippen LogP contribution in [0.25, 0.3) is 0 Å². The fourth-order valence-electron chi connectivity index (χ4n) is 3.00. The summed E-state index contributed by atoms with van der Waals surface area (Å²) in [7, 11) is 3.43. The molecular formula is C16H24BrNO2. The number of nitrogens with one attached hydrogen (secondary N) is 1. The second-order valence-corrected chi connectivity index (χ2v) is 6.70. The van der Waals surface area contributed by atoms with Crippen LogP contribution in [0.1, 0.15) is 50.7 Å². The average Bonchev–Trinajstić information content (AvgIpc) is 2.85. The number of rotatable bonds is 4. The van der Waals surface area contributed by atoms with Crippen LogP contribution in [-0.2, 0) is 5.54 Å². The number of ether oxygens (including phenoxy) is 2. The van der Waals surface area contributed by atoms with E-state index in [9.17, 15) is 0 Å². The highest BCUT2D eigenvalue weighted by Gasteiger charge is 2.35. The van der Waals surface area contributed by atoms with Gasteiger partial charge in [0.1, 0.15) is 16.0 Å². The van der Waals surface area contributed by atoms with Crippen LogP contribution in [0.5, 0.6) is 11.5 Å². The van der Waals surface area contributed by atoms with Crippen LogP contribution in [-0.4, -0.2) is 20.8 Å². The molecule has 1 aliphatic heterocycles. The molecule has 1 atom stereocenters. The number of halogens is 1. The minimum Gasteiger partial charge on any atom is -0.495 e. The van der Waals surface area contributed by atoms with Crippen molar-refractivity contribution in [1.82, 2.24) is 5.32 Å². The Bertz CT molecular complexity index is 494. The number of methoxy groups -OCH3 is 2. The van der Waals surface area contributed by atoms with Gasteiger partial charge in [0, 0.05) is 11.1 Å². The van der Waals surface area contributed by atoms with Gasteiger partial charge in [0.05, 0.1) is 14.2 Å². The van der Waals surface area contributed by atoms with Gasteiger partial charge < -0.3 is 14.8 Å². The van der Waals surface area contributed by atoms with Crippen LogP contribution in [0.3, 0.4) is 0 Å². The number of hydrogen-bond acceptors (Lipinski definition) is 3. The normalized spacial score (nSPS) is 22.4. The molecule has 0 radical (unpaired) electrons. The smallest absolute Gasteiger partial charge is 0.141 e. The second-order valence-electron chi connectivity index (χ2n) is 5.91. The zero-order valence-electron chi connectivity index (χ0n) is 13.0. The van der Waals surface area contributed by atoms with Crippen molar-refractivity contribution in [3.63, 3.8) is 0 Å². The molecule has 1 fully saturated rings. The zero-order chi connectivity index (χ0) is 14.9. The summed E-state index contributed by atoms with van der Waals surface area (Å²) in [4.78, 5) is 0.